The number of rotatable bonds is 2. The second-order valence-corrected chi connectivity index (χ2v) is 3.31. The molecule has 0 spiro atoms. The summed E-state index contributed by atoms with van der Waals surface area (Å²) in [4.78, 5) is 19.2. The summed E-state index contributed by atoms with van der Waals surface area (Å²) < 4.78 is 0. The first-order valence-corrected chi connectivity index (χ1v) is 4.79. The lowest BCUT2D eigenvalue weighted by atomic mass is 10.7. The third-order valence-corrected chi connectivity index (χ3v) is 1.53. The number of hydrogen-bond donors (Lipinski definition) is 3. The Morgan fingerprint density at radius 3 is 2.21 bits per heavy atom. The largest absolute Gasteiger partial charge is 0.550 e. The van der Waals surface area contributed by atoms with Gasteiger partial charge in [-0.1, -0.05) is 0 Å². The Balaban J connectivity index is 0. The predicted molar refractivity (Wildman–Crippen MR) is 52.9 cm³/mol. The molecule has 1 amide bonds. The molecule has 0 heterocycles. The number of carbonyl (C=O) groups excluding carboxylic acids is 2. The maximum atomic E-state index is 10.4. The molecule has 0 atom stereocenters. The monoisotopic (exact) mass is 221 g/mol. The Morgan fingerprint density at radius 2 is 1.93 bits per heavy atom. The number of nitrogens with one attached hydrogen (secondary N) is 1. The first-order chi connectivity index (χ1) is 6.40. The number of nitrogens with two attached hydrogens (primary N) is 2. The highest BCUT2D eigenvalue weighted by Gasteiger charge is 2.05. The molecule has 0 rings (SSSR count). The number of amides is 1. The summed E-state index contributed by atoms with van der Waals surface area (Å²) in [6.45, 7) is 2.95. The lowest BCUT2D eigenvalue weighted by molar-refractivity contribution is -0.302. The smallest absolute Gasteiger partial charge is 0.309 e. The molecule has 0 radical (unpaired) electrons. The molecule has 0 bridgehead atoms. The fourth-order valence-corrected chi connectivity index (χ4v) is 0.932. The second kappa shape index (κ2) is 10.0. The average Bonchev–Trinajstić information content (AvgIpc) is 1.98. The number of amidine groups is 1. The van der Waals surface area contributed by atoms with Crippen LogP contribution in [-0.4, -0.2) is 29.3 Å². The molecular weight excluding hydrogens is 206 g/mol. The van der Waals surface area contributed by atoms with E-state index in [0.29, 0.717) is 11.7 Å². The van der Waals surface area contributed by atoms with E-state index in [-0.39, 0.29) is 5.91 Å². The highest BCUT2D eigenvalue weighted by molar-refractivity contribution is 8.13. The highest BCUT2D eigenvalue weighted by atomic mass is 32.2. The van der Waals surface area contributed by atoms with Crippen LogP contribution in [0.1, 0.15) is 13.8 Å². The quantitative estimate of drug-likeness (QED) is 0.333. The van der Waals surface area contributed by atoms with Crippen LogP contribution in [0.2, 0.25) is 0 Å². The van der Waals surface area contributed by atoms with E-state index in [1.54, 1.807) is 0 Å². The zero-order valence-corrected chi connectivity index (χ0v) is 9.02. The number of carboxylic acid groups (broad SMARTS) is 1. The molecular formula is C7H15N3O3S. The molecule has 0 fully saturated rings. The van der Waals surface area contributed by atoms with Crippen LogP contribution in [0, 0.1) is 0 Å². The molecule has 6 nitrogen and oxygen atoms in total. The van der Waals surface area contributed by atoms with E-state index in [2.05, 4.69) is 5.32 Å². The maximum Gasteiger partial charge on any atom is 0.309 e. The first-order valence-electron chi connectivity index (χ1n) is 3.80. The molecule has 0 aromatic rings. The highest BCUT2D eigenvalue weighted by Crippen LogP contribution is 1.93. The van der Waals surface area contributed by atoms with E-state index >= 15 is 0 Å². The fourth-order valence-electron chi connectivity index (χ4n) is 0.378. The summed E-state index contributed by atoms with van der Waals surface area (Å²) in [5.74, 6) is -0.506. The SMILES string of the molecule is CC(=O)NC(=[NH2+])SCCN.CC(=O)[O-]. The maximum absolute atomic E-state index is 10.4. The van der Waals surface area contributed by atoms with Crippen molar-refractivity contribution in [3.05, 3.63) is 0 Å². The summed E-state index contributed by atoms with van der Waals surface area (Å²) in [5.41, 5.74) is 5.21. The molecule has 82 valence electrons. The molecule has 5 N–H and O–H groups in total. The van der Waals surface area contributed by atoms with Gasteiger partial charge < -0.3 is 15.6 Å². The Hall–Kier alpha value is -1.08. The zero-order valence-electron chi connectivity index (χ0n) is 8.20. The van der Waals surface area contributed by atoms with Crippen molar-refractivity contribution in [2.45, 2.75) is 13.8 Å². The molecule has 0 saturated carbocycles. The summed E-state index contributed by atoms with van der Waals surface area (Å²) in [6, 6.07) is 0. The normalized spacial score (nSPS) is 8.21. The van der Waals surface area contributed by atoms with Gasteiger partial charge in [-0.05, 0) is 18.7 Å². The first kappa shape index (κ1) is 15.4. The minimum Gasteiger partial charge on any atom is -0.550 e. The number of carbonyl (C=O) groups is 2. The van der Waals surface area contributed by atoms with Crippen LogP contribution in [0.3, 0.4) is 0 Å². The Bertz CT molecular complexity index is 204. The minimum atomic E-state index is -1.08. The van der Waals surface area contributed by atoms with Crippen molar-refractivity contribution in [3.63, 3.8) is 0 Å². The van der Waals surface area contributed by atoms with Gasteiger partial charge in [-0.2, -0.15) is 0 Å². The van der Waals surface area contributed by atoms with Crippen LogP contribution >= 0.6 is 11.8 Å². The third-order valence-electron chi connectivity index (χ3n) is 0.675. The van der Waals surface area contributed by atoms with E-state index in [4.69, 9.17) is 21.0 Å². The summed E-state index contributed by atoms with van der Waals surface area (Å²) in [5, 5.41) is 17.1. The standard InChI is InChI=1S/C5H11N3OS.C2H4O2/c1-4(9)8-5(7)10-3-2-6;1-2(3)4/h2-3,6H2,1H3,(H2,7,8,9);1H3,(H,3,4). The van der Waals surface area contributed by atoms with Gasteiger partial charge >= 0.3 is 11.1 Å². The lowest BCUT2D eigenvalue weighted by Crippen LogP contribution is -2.48. The number of hydrogen-bond acceptors (Lipinski definition) is 5. The van der Waals surface area contributed by atoms with E-state index in [1.165, 1.54) is 18.7 Å². The molecule has 0 aromatic heterocycles. The van der Waals surface area contributed by atoms with Crippen molar-refractivity contribution in [2.75, 3.05) is 12.3 Å². The topological polar surface area (TPSA) is 121 Å². The Labute approximate surface area is 86.8 Å². The fraction of sp³-hybridized carbons (Fsp3) is 0.571. The molecule has 7 heteroatoms. The molecule has 0 saturated heterocycles. The van der Waals surface area contributed by atoms with Gasteiger partial charge in [-0.25, -0.2) is 10.1 Å². The molecule has 0 aliphatic rings. The van der Waals surface area contributed by atoms with Gasteiger partial charge in [-0.15, -0.1) is 0 Å². The number of aliphatic carboxylic acids is 1. The van der Waals surface area contributed by atoms with Crippen LogP contribution in [0.5, 0.6) is 0 Å². The minimum absolute atomic E-state index is 0.151. The van der Waals surface area contributed by atoms with Crippen molar-refractivity contribution in [1.82, 2.24) is 5.32 Å². The summed E-state index contributed by atoms with van der Waals surface area (Å²) in [7, 11) is 0. The van der Waals surface area contributed by atoms with Gasteiger partial charge in [0.25, 0.3) is 0 Å². The van der Waals surface area contributed by atoms with Gasteiger partial charge in [0.1, 0.15) is 0 Å². The second-order valence-electron chi connectivity index (χ2n) is 2.17. The molecule has 0 unspecified atom stereocenters. The van der Waals surface area contributed by atoms with Gasteiger partial charge in [0.2, 0.25) is 0 Å². The van der Waals surface area contributed by atoms with Crippen LogP contribution < -0.4 is 21.6 Å². The summed E-state index contributed by atoms with van der Waals surface area (Å²) in [6.07, 6.45) is 0. The molecule has 14 heavy (non-hydrogen) atoms. The van der Waals surface area contributed by atoms with Crippen LogP contribution in [0.4, 0.5) is 0 Å². The van der Waals surface area contributed by atoms with Crippen molar-refractivity contribution < 1.29 is 20.1 Å². The van der Waals surface area contributed by atoms with Gasteiger partial charge in [0.15, 0.2) is 0 Å². The van der Waals surface area contributed by atoms with E-state index in [1.807, 2.05) is 0 Å². The van der Waals surface area contributed by atoms with Crippen molar-refractivity contribution in [1.29, 1.82) is 0 Å². The Morgan fingerprint density at radius 1 is 1.50 bits per heavy atom. The van der Waals surface area contributed by atoms with Crippen molar-refractivity contribution in [2.24, 2.45) is 5.73 Å². The van der Waals surface area contributed by atoms with Crippen LogP contribution in [0.15, 0.2) is 0 Å². The van der Waals surface area contributed by atoms with Gasteiger partial charge in [0, 0.05) is 25.2 Å². The predicted octanol–water partition coefficient (Wildman–Crippen LogP) is -3.31. The van der Waals surface area contributed by atoms with Gasteiger partial charge in [0.05, 0.1) is 0 Å². The number of thioether (sulfide) groups is 1. The average molecular weight is 221 g/mol. The van der Waals surface area contributed by atoms with Crippen molar-refractivity contribution in [3.8, 4) is 0 Å². The van der Waals surface area contributed by atoms with Gasteiger partial charge in [-0.3, -0.25) is 5.41 Å². The lowest BCUT2D eigenvalue weighted by Gasteiger charge is -1.93. The molecule has 0 aliphatic carbocycles. The van der Waals surface area contributed by atoms with Crippen LogP contribution in [0.25, 0.3) is 0 Å². The van der Waals surface area contributed by atoms with Crippen molar-refractivity contribution >= 4 is 28.8 Å². The van der Waals surface area contributed by atoms with Crippen LogP contribution in [-0.2, 0) is 9.59 Å². The third kappa shape index (κ3) is 22.4. The number of carboxylic acids is 1. The zero-order chi connectivity index (χ0) is 11.6. The van der Waals surface area contributed by atoms with E-state index in [9.17, 15) is 4.79 Å². The van der Waals surface area contributed by atoms with E-state index in [0.717, 1.165) is 12.7 Å². The summed E-state index contributed by atoms with van der Waals surface area (Å²) >= 11 is 1.34. The van der Waals surface area contributed by atoms with E-state index < -0.39 is 5.97 Å². The molecule has 0 aromatic carbocycles. The Kier molecular flexibility index (Phi) is 11.0. The molecule has 0 aliphatic heterocycles.